The van der Waals surface area contributed by atoms with Gasteiger partial charge in [-0.15, -0.1) is 0 Å². The van der Waals surface area contributed by atoms with E-state index < -0.39 is 26.6 Å². The first kappa shape index (κ1) is 15.5. The Labute approximate surface area is 122 Å². The summed E-state index contributed by atoms with van der Waals surface area (Å²) in [6, 6.07) is 7.68. The van der Waals surface area contributed by atoms with Crippen LogP contribution in [0.3, 0.4) is 0 Å². The third kappa shape index (κ3) is 3.62. The van der Waals surface area contributed by atoms with Crippen LogP contribution in [0.5, 0.6) is 0 Å². The van der Waals surface area contributed by atoms with E-state index in [1.165, 1.54) is 7.05 Å². The van der Waals surface area contributed by atoms with Gasteiger partial charge in [0.1, 0.15) is 16.5 Å². The average molecular weight is 312 g/mol. The van der Waals surface area contributed by atoms with E-state index in [1.54, 1.807) is 24.4 Å². The molecule has 0 aliphatic carbocycles. The molecule has 0 atom stereocenters. The summed E-state index contributed by atoms with van der Waals surface area (Å²) in [7, 11) is -2.75. The van der Waals surface area contributed by atoms with Crippen LogP contribution < -0.4 is 0 Å². The zero-order chi connectivity index (χ0) is 15.5. The van der Waals surface area contributed by atoms with E-state index in [-0.39, 0.29) is 6.54 Å². The normalized spacial score (nSPS) is 11.8. The second-order valence-electron chi connectivity index (χ2n) is 4.47. The highest BCUT2D eigenvalue weighted by atomic mass is 32.2. The van der Waals surface area contributed by atoms with Crippen molar-refractivity contribution in [1.29, 1.82) is 0 Å². The van der Waals surface area contributed by atoms with Gasteiger partial charge in [-0.05, 0) is 30.3 Å². The van der Waals surface area contributed by atoms with E-state index in [1.807, 2.05) is 0 Å². The maximum Gasteiger partial charge on any atom is 0.245 e. The molecule has 0 N–H and O–H groups in total. The maximum atomic E-state index is 13.6. The molecule has 0 aliphatic rings. The van der Waals surface area contributed by atoms with Crippen molar-refractivity contribution in [2.45, 2.75) is 11.3 Å². The Morgan fingerprint density at radius 3 is 2.62 bits per heavy atom. The molecule has 4 nitrogen and oxygen atoms in total. The molecule has 1 aromatic heterocycles. The predicted octanol–water partition coefficient (Wildman–Crippen LogP) is 2.22. The molecular formula is C14H14F2N2O2S. The highest BCUT2D eigenvalue weighted by molar-refractivity contribution is 7.89. The highest BCUT2D eigenvalue weighted by Crippen LogP contribution is 2.19. The van der Waals surface area contributed by atoms with E-state index in [0.717, 1.165) is 22.1 Å². The zero-order valence-corrected chi connectivity index (χ0v) is 12.1. The van der Waals surface area contributed by atoms with Crippen molar-refractivity contribution in [3.63, 3.8) is 0 Å². The summed E-state index contributed by atoms with van der Waals surface area (Å²) < 4.78 is 52.2. The molecule has 0 saturated heterocycles. The molecule has 0 spiro atoms. The summed E-state index contributed by atoms with van der Waals surface area (Å²) in [5.41, 5.74) is 0.722. The van der Waals surface area contributed by atoms with Gasteiger partial charge < -0.3 is 0 Å². The Morgan fingerprint density at radius 2 is 1.95 bits per heavy atom. The molecular weight excluding hydrogens is 298 g/mol. The molecule has 1 aromatic carbocycles. The number of hydrogen-bond donors (Lipinski definition) is 0. The Balaban J connectivity index is 2.17. The van der Waals surface area contributed by atoms with Gasteiger partial charge in [-0.3, -0.25) is 4.98 Å². The standard InChI is InChI=1S/C14H14F2N2O2S/c1-18(9-7-12-4-2-3-8-17-12)21(19,20)14-10-11(15)5-6-13(14)16/h2-6,8,10H,7,9H2,1H3. The van der Waals surface area contributed by atoms with Crippen LogP contribution in [0.25, 0.3) is 0 Å². The summed E-state index contributed by atoms with van der Waals surface area (Å²) in [5.74, 6) is -1.77. The summed E-state index contributed by atoms with van der Waals surface area (Å²) in [5, 5.41) is 0. The number of likely N-dealkylation sites (N-methyl/N-ethyl adjacent to an activating group) is 1. The van der Waals surface area contributed by atoms with Gasteiger partial charge in [0, 0.05) is 31.9 Å². The van der Waals surface area contributed by atoms with E-state index >= 15 is 0 Å². The molecule has 0 unspecified atom stereocenters. The van der Waals surface area contributed by atoms with Crippen molar-refractivity contribution >= 4 is 10.0 Å². The van der Waals surface area contributed by atoms with Gasteiger partial charge in [0.15, 0.2) is 0 Å². The van der Waals surface area contributed by atoms with Crippen LogP contribution in [-0.4, -0.2) is 31.3 Å². The highest BCUT2D eigenvalue weighted by Gasteiger charge is 2.24. The first-order valence-electron chi connectivity index (χ1n) is 6.22. The number of hydrogen-bond acceptors (Lipinski definition) is 3. The van der Waals surface area contributed by atoms with Crippen LogP contribution in [0.15, 0.2) is 47.5 Å². The third-order valence-corrected chi connectivity index (χ3v) is 4.86. The fraction of sp³-hybridized carbons (Fsp3) is 0.214. The third-order valence-electron chi connectivity index (χ3n) is 2.99. The van der Waals surface area contributed by atoms with Gasteiger partial charge in [-0.25, -0.2) is 21.5 Å². The van der Waals surface area contributed by atoms with E-state index in [2.05, 4.69) is 4.98 Å². The van der Waals surface area contributed by atoms with Gasteiger partial charge in [-0.2, -0.15) is 0 Å². The Hall–Kier alpha value is -1.86. The Morgan fingerprint density at radius 1 is 1.19 bits per heavy atom. The van der Waals surface area contributed by atoms with E-state index in [9.17, 15) is 17.2 Å². The summed E-state index contributed by atoms with van der Waals surface area (Å²) >= 11 is 0. The van der Waals surface area contributed by atoms with Crippen LogP contribution in [0.4, 0.5) is 8.78 Å². The first-order chi connectivity index (χ1) is 9.91. The van der Waals surface area contributed by atoms with Crippen molar-refractivity contribution in [2.24, 2.45) is 0 Å². The van der Waals surface area contributed by atoms with Crippen LogP contribution >= 0.6 is 0 Å². The molecule has 21 heavy (non-hydrogen) atoms. The van der Waals surface area contributed by atoms with E-state index in [4.69, 9.17) is 0 Å². The minimum atomic E-state index is -4.07. The topological polar surface area (TPSA) is 50.3 Å². The minimum Gasteiger partial charge on any atom is -0.261 e. The van der Waals surface area contributed by atoms with Crippen LogP contribution in [-0.2, 0) is 16.4 Å². The molecule has 0 radical (unpaired) electrons. The molecule has 112 valence electrons. The molecule has 1 heterocycles. The fourth-order valence-corrected chi connectivity index (χ4v) is 3.02. The van der Waals surface area contributed by atoms with Crippen molar-refractivity contribution in [3.05, 3.63) is 59.9 Å². The van der Waals surface area contributed by atoms with Gasteiger partial charge in [0.25, 0.3) is 0 Å². The lowest BCUT2D eigenvalue weighted by atomic mass is 10.3. The predicted molar refractivity (Wildman–Crippen MR) is 74.1 cm³/mol. The quantitative estimate of drug-likeness (QED) is 0.850. The summed E-state index contributed by atoms with van der Waals surface area (Å²) in [4.78, 5) is 3.42. The monoisotopic (exact) mass is 312 g/mol. The SMILES string of the molecule is CN(CCc1ccccn1)S(=O)(=O)c1cc(F)ccc1F. The largest absolute Gasteiger partial charge is 0.261 e. The Bertz CT molecular complexity index is 721. The second kappa shape index (κ2) is 6.28. The lowest BCUT2D eigenvalue weighted by Gasteiger charge is -2.17. The maximum absolute atomic E-state index is 13.6. The van der Waals surface area contributed by atoms with Crippen LogP contribution in [0.2, 0.25) is 0 Å². The molecule has 2 aromatic rings. The first-order valence-corrected chi connectivity index (χ1v) is 7.66. The molecule has 2 rings (SSSR count). The molecule has 0 fully saturated rings. The van der Waals surface area contributed by atoms with Crippen molar-refractivity contribution < 1.29 is 17.2 Å². The molecule has 7 heteroatoms. The smallest absolute Gasteiger partial charge is 0.245 e. The van der Waals surface area contributed by atoms with Crippen molar-refractivity contribution in [1.82, 2.24) is 9.29 Å². The minimum absolute atomic E-state index is 0.120. The number of sulfonamides is 1. The second-order valence-corrected chi connectivity index (χ2v) is 6.49. The average Bonchev–Trinajstić information content (AvgIpc) is 2.48. The van der Waals surface area contributed by atoms with Crippen LogP contribution in [0, 0.1) is 11.6 Å². The number of halogens is 2. The number of pyridine rings is 1. The van der Waals surface area contributed by atoms with E-state index in [0.29, 0.717) is 12.5 Å². The van der Waals surface area contributed by atoms with Crippen LogP contribution in [0.1, 0.15) is 5.69 Å². The molecule has 0 aliphatic heterocycles. The Kier molecular flexibility index (Phi) is 4.64. The van der Waals surface area contributed by atoms with Gasteiger partial charge >= 0.3 is 0 Å². The van der Waals surface area contributed by atoms with Gasteiger partial charge in [0.2, 0.25) is 10.0 Å². The number of benzene rings is 1. The van der Waals surface area contributed by atoms with Crippen molar-refractivity contribution in [2.75, 3.05) is 13.6 Å². The molecule has 0 saturated carbocycles. The lowest BCUT2D eigenvalue weighted by Crippen LogP contribution is -2.30. The number of aromatic nitrogens is 1. The zero-order valence-electron chi connectivity index (χ0n) is 11.3. The fourth-order valence-electron chi connectivity index (χ4n) is 1.78. The number of rotatable bonds is 5. The molecule has 0 amide bonds. The lowest BCUT2D eigenvalue weighted by molar-refractivity contribution is 0.462. The molecule has 0 bridgehead atoms. The van der Waals surface area contributed by atoms with Gasteiger partial charge in [-0.1, -0.05) is 6.07 Å². The number of nitrogens with zero attached hydrogens (tertiary/aromatic N) is 2. The van der Waals surface area contributed by atoms with Crippen molar-refractivity contribution in [3.8, 4) is 0 Å². The summed E-state index contributed by atoms with van der Waals surface area (Å²) in [6.45, 7) is 0.120. The summed E-state index contributed by atoms with van der Waals surface area (Å²) in [6.07, 6.45) is 1.99. The van der Waals surface area contributed by atoms with Gasteiger partial charge in [0.05, 0.1) is 0 Å².